The largest absolute Gasteiger partial charge is 0.467 e. The topological polar surface area (TPSA) is 98.3 Å². The van der Waals surface area contributed by atoms with Crippen LogP contribution in [0, 0.1) is 0 Å². The Hall–Kier alpha value is -2.61. The number of aromatic nitrogens is 3. The second-order valence-corrected chi connectivity index (χ2v) is 4.42. The quantitative estimate of drug-likeness (QED) is 0.871. The summed E-state index contributed by atoms with van der Waals surface area (Å²) in [6.45, 7) is 0.0749. The molecule has 9 heteroatoms. The van der Waals surface area contributed by atoms with Gasteiger partial charge in [0.1, 0.15) is 0 Å². The summed E-state index contributed by atoms with van der Waals surface area (Å²) in [5.41, 5.74) is 0.507. The Labute approximate surface area is 131 Å². The number of carbonyl (C=O) groups excluding carboxylic acids is 1. The van der Waals surface area contributed by atoms with Gasteiger partial charge in [-0.05, 0) is 12.1 Å². The number of amides is 2. The van der Waals surface area contributed by atoms with Gasteiger partial charge in [0.15, 0.2) is 5.82 Å². The number of benzene rings is 1. The first kappa shape index (κ1) is 15.8. The molecule has 0 aliphatic carbocycles. The average Bonchev–Trinajstić information content (AvgIpc) is 2.54. The minimum Gasteiger partial charge on any atom is -0.467 e. The Balaban J connectivity index is 1.98. The molecule has 0 fully saturated rings. The smallest absolute Gasteiger partial charge is 0.322 e. The lowest BCUT2D eigenvalue weighted by atomic mass is 10.3. The van der Waals surface area contributed by atoms with Crippen LogP contribution in [0.3, 0.4) is 0 Å². The highest BCUT2D eigenvalue weighted by molar-refractivity contribution is 6.33. The summed E-state index contributed by atoms with van der Waals surface area (Å²) in [6, 6.07) is 6.69. The Morgan fingerprint density at radius 3 is 2.36 bits per heavy atom. The van der Waals surface area contributed by atoms with E-state index in [0.717, 1.165) is 0 Å². The zero-order valence-corrected chi connectivity index (χ0v) is 12.7. The van der Waals surface area contributed by atoms with Crippen LogP contribution in [0.15, 0.2) is 24.3 Å². The van der Waals surface area contributed by atoms with Crippen LogP contribution in [-0.2, 0) is 6.54 Å². The number of nitrogens with one attached hydrogen (secondary N) is 2. The standard InChI is InChI=1S/C13H14ClN5O3/c1-21-12-17-10(18-13(19-12)22-2)7-15-11(20)16-9-6-4-3-5-8(9)14/h3-6H,7H2,1-2H3,(H2,15,16,20). The van der Waals surface area contributed by atoms with Crippen molar-refractivity contribution in [3.05, 3.63) is 35.1 Å². The molecule has 1 aromatic heterocycles. The van der Waals surface area contributed by atoms with Gasteiger partial charge in [0.25, 0.3) is 0 Å². The van der Waals surface area contributed by atoms with E-state index in [0.29, 0.717) is 16.5 Å². The molecule has 0 saturated carbocycles. The van der Waals surface area contributed by atoms with Gasteiger partial charge >= 0.3 is 18.1 Å². The van der Waals surface area contributed by atoms with E-state index in [1.807, 2.05) is 0 Å². The summed E-state index contributed by atoms with van der Waals surface area (Å²) in [6.07, 6.45) is 0. The molecule has 1 aromatic carbocycles. The Kier molecular flexibility index (Phi) is 5.31. The van der Waals surface area contributed by atoms with Crippen molar-refractivity contribution < 1.29 is 14.3 Å². The molecule has 0 atom stereocenters. The highest BCUT2D eigenvalue weighted by Gasteiger charge is 2.09. The fourth-order valence-corrected chi connectivity index (χ4v) is 1.71. The van der Waals surface area contributed by atoms with Gasteiger partial charge in [0, 0.05) is 0 Å². The number of ether oxygens (including phenoxy) is 2. The Morgan fingerprint density at radius 2 is 1.77 bits per heavy atom. The van der Waals surface area contributed by atoms with E-state index in [9.17, 15) is 4.79 Å². The predicted octanol–water partition coefficient (Wildman–Crippen LogP) is 1.86. The molecule has 0 unspecified atom stereocenters. The van der Waals surface area contributed by atoms with Crippen molar-refractivity contribution in [2.45, 2.75) is 6.54 Å². The van der Waals surface area contributed by atoms with Gasteiger partial charge in [0.05, 0.1) is 31.5 Å². The zero-order chi connectivity index (χ0) is 15.9. The third-order valence-corrected chi connectivity index (χ3v) is 2.86. The molecule has 0 saturated heterocycles. The van der Waals surface area contributed by atoms with Crippen molar-refractivity contribution >= 4 is 23.3 Å². The second kappa shape index (κ2) is 7.41. The number of para-hydroxylation sites is 1. The van der Waals surface area contributed by atoms with Gasteiger partial charge in [-0.15, -0.1) is 4.98 Å². The first-order valence-electron chi connectivity index (χ1n) is 6.24. The third-order valence-electron chi connectivity index (χ3n) is 2.53. The minimum absolute atomic E-state index is 0.0749. The van der Waals surface area contributed by atoms with Crippen LogP contribution in [0.4, 0.5) is 10.5 Å². The number of nitrogens with zero attached hydrogens (tertiary/aromatic N) is 3. The molecule has 8 nitrogen and oxygen atoms in total. The predicted molar refractivity (Wildman–Crippen MR) is 80.2 cm³/mol. The lowest BCUT2D eigenvalue weighted by molar-refractivity contribution is 0.251. The number of urea groups is 1. The van der Waals surface area contributed by atoms with Crippen molar-refractivity contribution in [3.8, 4) is 12.0 Å². The van der Waals surface area contributed by atoms with Crippen molar-refractivity contribution in [1.29, 1.82) is 0 Å². The lowest BCUT2D eigenvalue weighted by Gasteiger charge is -2.09. The van der Waals surface area contributed by atoms with Gasteiger partial charge in [-0.2, -0.15) is 9.97 Å². The van der Waals surface area contributed by atoms with Gasteiger partial charge in [-0.25, -0.2) is 4.79 Å². The molecule has 2 aromatic rings. The number of halogens is 1. The molecule has 0 aliphatic heterocycles. The molecular formula is C13H14ClN5O3. The van der Waals surface area contributed by atoms with Gasteiger partial charge < -0.3 is 20.1 Å². The van der Waals surface area contributed by atoms with Crippen molar-refractivity contribution in [1.82, 2.24) is 20.3 Å². The molecule has 2 N–H and O–H groups in total. The highest BCUT2D eigenvalue weighted by Crippen LogP contribution is 2.20. The first-order valence-corrected chi connectivity index (χ1v) is 6.62. The zero-order valence-electron chi connectivity index (χ0n) is 12.0. The molecule has 0 aliphatic rings. The van der Waals surface area contributed by atoms with E-state index in [2.05, 4.69) is 25.6 Å². The van der Waals surface area contributed by atoms with E-state index in [4.69, 9.17) is 21.1 Å². The number of anilines is 1. The highest BCUT2D eigenvalue weighted by atomic mass is 35.5. The number of rotatable bonds is 5. The van der Waals surface area contributed by atoms with Crippen LogP contribution in [0.1, 0.15) is 5.82 Å². The summed E-state index contributed by atoms with van der Waals surface area (Å²) in [5.74, 6) is 0.304. The van der Waals surface area contributed by atoms with Crippen LogP contribution in [0.25, 0.3) is 0 Å². The maximum Gasteiger partial charge on any atom is 0.322 e. The summed E-state index contributed by atoms with van der Waals surface area (Å²) < 4.78 is 9.86. The van der Waals surface area contributed by atoms with E-state index >= 15 is 0 Å². The summed E-state index contributed by atoms with van der Waals surface area (Å²) in [5, 5.41) is 5.67. The molecule has 2 amide bonds. The summed E-state index contributed by atoms with van der Waals surface area (Å²) in [7, 11) is 2.85. The molecule has 0 spiro atoms. The summed E-state index contributed by atoms with van der Waals surface area (Å²) >= 11 is 5.96. The maximum absolute atomic E-state index is 11.8. The molecule has 2 rings (SSSR count). The van der Waals surface area contributed by atoms with E-state index in [-0.39, 0.29) is 18.6 Å². The number of methoxy groups -OCH3 is 2. The second-order valence-electron chi connectivity index (χ2n) is 4.01. The van der Waals surface area contributed by atoms with Crippen LogP contribution >= 0.6 is 11.6 Å². The van der Waals surface area contributed by atoms with Gasteiger partial charge in [0.2, 0.25) is 0 Å². The number of hydrogen-bond acceptors (Lipinski definition) is 6. The van der Waals surface area contributed by atoms with Gasteiger partial charge in [-0.1, -0.05) is 23.7 Å². The normalized spacial score (nSPS) is 9.95. The van der Waals surface area contributed by atoms with E-state index < -0.39 is 6.03 Å². The Bertz CT molecular complexity index is 646. The van der Waals surface area contributed by atoms with Crippen LogP contribution in [0.5, 0.6) is 12.0 Å². The molecular weight excluding hydrogens is 310 g/mol. The monoisotopic (exact) mass is 323 g/mol. The fraction of sp³-hybridized carbons (Fsp3) is 0.231. The van der Waals surface area contributed by atoms with Crippen molar-refractivity contribution in [2.75, 3.05) is 19.5 Å². The minimum atomic E-state index is -0.438. The average molecular weight is 324 g/mol. The van der Waals surface area contributed by atoms with E-state index in [1.165, 1.54) is 14.2 Å². The number of hydrogen-bond donors (Lipinski definition) is 2. The maximum atomic E-state index is 11.8. The molecule has 0 radical (unpaired) electrons. The SMILES string of the molecule is COc1nc(CNC(=O)Nc2ccccc2Cl)nc(OC)n1. The van der Waals surface area contributed by atoms with Crippen molar-refractivity contribution in [2.24, 2.45) is 0 Å². The molecule has 0 bridgehead atoms. The Morgan fingerprint density at radius 1 is 1.14 bits per heavy atom. The van der Waals surface area contributed by atoms with E-state index in [1.54, 1.807) is 24.3 Å². The lowest BCUT2D eigenvalue weighted by Crippen LogP contribution is -2.29. The van der Waals surface area contributed by atoms with Crippen LogP contribution in [-0.4, -0.2) is 35.2 Å². The van der Waals surface area contributed by atoms with Crippen LogP contribution in [0.2, 0.25) is 5.02 Å². The van der Waals surface area contributed by atoms with Gasteiger partial charge in [-0.3, -0.25) is 0 Å². The van der Waals surface area contributed by atoms with Crippen molar-refractivity contribution in [3.63, 3.8) is 0 Å². The first-order chi connectivity index (χ1) is 10.6. The molecule has 22 heavy (non-hydrogen) atoms. The van der Waals surface area contributed by atoms with Crippen LogP contribution < -0.4 is 20.1 Å². The summed E-state index contributed by atoms with van der Waals surface area (Å²) in [4.78, 5) is 23.7. The molecule has 1 heterocycles. The third kappa shape index (κ3) is 4.19. The fourth-order valence-electron chi connectivity index (χ4n) is 1.53. The molecule has 116 valence electrons. The number of carbonyl (C=O) groups is 1.